The molecule has 27 heavy (non-hydrogen) atoms. The van der Waals surface area contributed by atoms with Crippen molar-refractivity contribution < 1.29 is 10.2 Å². The molecule has 1 unspecified atom stereocenters. The van der Waals surface area contributed by atoms with Crippen LogP contribution >= 0.6 is 0 Å². The average molecular weight is 363 g/mol. The van der Waals surface area contributed by atoms with Crippen LogP contribution < -0.4 is 5.32 Å². The fraction of sp³-hybridized carbons (Fsp3) is 0.318. The third-order valence-corrected chi connectivity index (χ3v) is 5.18. The number of anilines is 1. The Morgan fingerprint density at radius 3 is 2.48 bits per heavy atom. The van der Waals surface area contributed by atoms with Crippen molar-refractivity contribution in [1.82, 2.24) is 9.78 Å². The molecule has 0 spiro atoms. The first-order chi connectivity index (χ1) is 12.7. The van der Waals surface area contributed by atoms with Gasteiger partial charge in [-0.1, -0.05) is 39.0 Å². The lowest BCUT2D eigenvalue weighted by Gasteiger charge is -2.32. The molecule has 140 valence electrons. The monoisotopic (exact) mass is 363 g/mol. The molecule has 5 heteroatoms. The second kappa shape index (κ2) is 5.78. The molecule has 0 amide bonds. The number of para-hydroxylation sites is 1. The van der Waals surface area contributed by atoms with Crippen LogP contribution in [0.2, 0.25) is 0 Å². The molecule has 1 atom stereocenters. The first kappa shape index (κ1) is 17.5. The summed E-state index contributed by atoms with van der Waals surface area (Å²) in [4.78, 5) is 0. The molecule has 4 rings (SSSR count). The third kappa shape index (κ3) is 2.74. The Bertz CT molecular complexity index is 1040. The highest BCUT2D eigenvalue weighted by molar-refractivity contribution is 5.81. The molecule has 0 radical (unpaired) electrons. The van der Waals surface area contributed by atoms with Gasteiger partial charge in [0.1, 0.15) is 11.5 Å². The maximum absolute atomic E-state index is 10.6. The zero-order valence-electron chi connectivity index (χ0n) is 16.3. The number of aromatic hydroxyl groups is 2. The minimum Gasteiger partial charge on any atom is -0.508 e. The van der Waals surface area contributed by atoms with E-state index in [1.807, 2.05) is 44.5 Å². The van der Waals surface area contributed by atoms with Crippen LogP contribution in [-0.2, 0) is 5.41 Å². The molecule has 1 aliphatic heterocycles. The van der Waals surface area contributed by atoms with E-state index in [-0.39, 0.29) is 23.1 Å². The van der Waals surface area contributed by atoms with Gasteiger partial charge in [-0.3, -0.25) is 0 Å². The number of phenols is 2. The van der Waals surface area contributed by atoms with Crippen LogP contribution in [0.5, 0.6) is 11.5 Å². The van der Waals surface area contributed by atoms with Gasteiger partial charge in [0.05, 0.1) is 11.4 Å². The number of hydrogen-bond donors (Lipinski definition) is 3. The predicted molar refractivity (Wildman–Crippen MR) is 107 cm³/mol. The van der Waals surface area contributed by atoms with Gasteiger partial charge in [0.25, 0.3) is 0 Å². The van der Waals surface area contributed by atoms with Crippen molar-refractivity contribution in [2.75, 3.05) is 5.32 Å². The molecule has 0 fully saturated rings. The van der Waals surface area contributed by atoms with E-state index in [4.69, 9.17) is 0 Å². The van der Waals surface area contributed by atoms with Gasteiger partial charge in [-0.15, -0.1) is 0 Å². The van der Waals surface area contributed by atoms with Crippen LogP contribution in [0.15, 0.2) is 36.4 Å². The van der Waals surface area contributed by atoms with Crippen LogP contribution in [0, 0.1) is 13.8 Å². The minimum absolute atomic E-state index is 0.0501. The lowest BCUT2D eigenvalue weighted by atomic mass is 9.84. The standard InChI is InChI=1S/C22H25N3O2/c1-12-7-6-8-14-17-9-13(2)24-25(17)21(23-20(12)14)15-10-16(22(3,4)5)19(27)11-18(15)26/h6-11,21,23,26-27H,1-5H3. The van der Waals surface area contributed by atoms with E-state index < -0.39 is 0 Å². The van der Waals surface area contributed by atoms with E-state index >= 15 is 0 Å². The van der Waals surface area contributed by atoms with E-state index in [1.54, 1.807) is 0 Å². The van der Waals surface area contributed by atoms with Crippen LogP contribution in [0.3, 0.4) is 0 Å². The van der Waals surface area contributed by atoms with Gasteiger partial charge >= 0.3 is 0 Å². The lowest BCUT2D eigenvalue weighted by Crippen LogP contribution is -2.27. The number of hydrogen-bond acceptors (Lipinski definition) is 4. The normalized spacial score (nSPS) is 15.8. The van der Waals surface area contributed by atoms with Crippen molar-refractivity contribution in [3.63, 3.8) is 0 Å². The van der Waals surface area contributed by atoms with Gasteiger partial charge in [0, 0.05) is 22.9 Å². The Morgan fingerprint density at radius 2 is 1.78 bits per heavy atom. The molecular weight excluding hydrogens is 338 g/mol. The first-order valence-electron chi connectivity index (χ1n) is 9.16. The van der Waals surface area contributed by atoms with Gasteiger partial charge < -0.3 is 15.5 Å². The largest absolute Gasteiger partial charge is 0.508 e. The van der Waals surface area contributed by atoms with Crippen LogP contribution in [0.25, 0.3) is 11.3 Å². The van der Waals surface area contributed by atoms with Gasteiger partial charge in [-0.25, -0.2) is 4.68 Å². The second-order valence-corrected chi connectivity index (χ2v) is 8.34. The summed E-state index contributed by atoms with van der Waals surface area (Å²) in [6.07, 6.45) is -0.357. The topological polar surface area (TPSA) is 70.3 Å². The molecule has 3 N–H and O–H groups in total. The maximum atomic E-state index is 10.6. The third-order valence-electron chi connectivity index (χ3n) is 5.18. The summed E-state index contributed by atoms with van der Waals surface area (Å²) in [5, 5.41) is 29.2. The number of aryl methyl sites for hydroxylation is 2. The van der Waals surface area contributed by atoms with Crippen molar-refractivity contribution in [3.05, 3.63) is 58.8 Å². The average Bonchev–Trinajstić information content (AvgIpc) is 2.95. The van der Waals surface area contributed by atoms with E-state index in [1.165, 1.54) is 6.07 Å². The SMILES string of the molecule is Cc1cc2n(n1)C(c1cc(C(C)(C)C)c(O)cc1O)Nc1c(C)cccc1-2. The van der Waals surface area contributed by atoms with Crippen molar-refractivity contribution in [2.45, 2.75) is 46.2 Å². The molecular formula is C22H25N3O2. The predicted octanol–water partition coefficient (Wildman–Crippen LogP) is 4.85. The summed E-state index contributed by atoms with van der Waals surface area (Å²) in [6, 6.07) is 11.6. The summed E-state index contributed by atoms with van der Waals surface area (Å²) < 4.78 is 1.91. The van der Waals surface area contributed by atoms with Gasteiger partial charge in [-0.2, -0.15) is 5.10 Å². The second-order valence-electron chi connectivity index (χ2n) is 8.34. The van der Waals surface area contributed by atoms with E-state index in [2.05, 4.69) is 35.5 Å². The van der Waals surface area contributed by atoms with Crippen molar-refractivity contribution in [1.29, 1.82) is 0 Å². The summed E-state index contributed by atoms with van der Waals surface area (Å²) in [6.45, 7) is 10.2. The number of fused-ring (bicyclic) bond motifs is 3. The highest BCUT2D eigenvalue weighted by Crippen LogP contribution is 2.44. The summed E-state index contributed by atoms with van der Waals surface area (Å²) in [7, 11) is 0. The van der Waals surface area contributed by atoms with Gasteiger partial charge in [0.15, 0.2) is 6.17 Å². The number of aromatic nitrogens is 2. The molecule has 1 aliphatic rings. The van der Waals surface area contributed by atoms with Gasteiger partial charge in [-0.05, 0) is 42.5 Å². The fourth-order valence-corrected chi connectivity index (χ4v) is 3.81. The summed E-state index contributed by atoms with van der Waals surface area (Å²) in [5.74, 6) is 0.155. The van der Waals surface area contributed by atoms with Crippen LogP contribution in [0.1, 0.15) is 49.3 Å². The van der Waals surface area contributed by atoms with Crippen molar-refractivity contribution in [3.8, 4) is 22.8 Å². The zero-order chi connectivity index (χ0) is 19.5. The number of nitrogens with zero attached hydrogens (tertiary/aromatic N) is 2. The summed E-state index contributed by atoms with van der Waals surface area (Å²) >= 11 is 0. The Labute approximate surface area is 159 Å². The zero-order valence-corrected chi connectivity index (χ0v) is 16.3. The number of benzene rings is 2. The highest BCUT2D eigenvalue weighted by Gasteiger charge is 2.31. The Hall–Kier alpha value is -2.95. The quantitative estimate of drug-likeness (QED) is 0.578. The fourth-order valence-electron chi connectivity index (χ4n) is 3.81. The summed E-state index contributed by atoms with van der Waals surface area (Å²) in [5.41, 5.74) is 6.43. The molecule has 0 aliphatic carbocycles. The smallest absolute Gasteiger partial charge is 0.150 e. The molecule has 5 nitrogen and oxygen atoms in total. The highest BCUT2D eigenvalue weighted by atomic mass is 16.3. The Morgan fingerprint density at radius 1 is 1.04 bits per heavy atom. The van der Waals surface area contributed by atoms with Crippen LogP contribution in [0.4, 0.5) is 5.69 Å². The Kier molecular flexibility index (Phi) is 3.74. The molecule has 0 saturated carbocycles. The molecule has 0 saturated heterocycles. The number of phenolic OH excluding ortho intramolecular Hbond substituents is 2. The molecule has 2 heterocycles. The molecule has 2 aromatic carbocycles. The van der Waals surface area contributed by atoms with E-state index in [0.29, 0.717) is 5.56 Å². The van der Waals surface area contributed by atoms with E-state index in [0.717, 1.165) is 33.8 Å². The number of rotatable bonds is 1. The van der Waals surface area contributed by atoms with Crippen molar-refractivity contribution in [2.24, 2.45) is 0 Å². The lowest BCUT2D eigenvalue weighted by molar-refractivity contribution is 0.421. The minimum atomic E-state index is -0.357. The molecule has 3 aromatic rings. The molecule has 1 aromatic heterocycles. The Balaban J connectivity index is 1.95. The number of nitrogens with one attached hydrogen (secondary N) is 1. The van der Waals surface area contributed by atoms with E-state index in [9.17, 15) is 10.2 Å². The first-order valence-corrected chi connectivity index (χ1v) is 9.16. The molecule has 0 bridgehead atoms. The van der Waals surface area contributed by atoms with Crippen LogP contribution in [-0.4, -0.2) is 20.0 Å². The maximum Gasteiger partial charge on any atom is 0.150 e. The van der Waals surface area contributed by atoms with Gasteiger partial charge in [0.2, 0.25) is 0 Å². The van der Waals surface area contributed by atoms with Crippen molar-refractivity contribution >= 4 is 5.69 Å².